The quantitative estimate of drug-likeness (QED) is 0.361. The summed E-state index contributed by atoms with van der Waals surface area (Å²) < 4.78 is 5.84. The van der Waals surface area contributed by atoms with Gasteiger partial charge in [0.25, 0.3) is 0 Å². The Hall–Kier alpha value is -3.86. The first-order valence-electron chi connectivity index (χ1n) is 9.25. The lowest BCUT2D eigenvalue weighted by Gasteiger charge is -2.06. The SMILES string of the molecule is Cc1cc2nc(-c3cc(NC(=O)/C=C/c4ccccc4)ccc3O)oc2cc1C. The van der Waals surface area contributed by atoms with Gasteiger partial charge in [0.15, 0.2) is 5.58 Å². The smallest absolute Gasteiger partial charge is 0.248 e. The molecule has 4 aromatic rings. The molecule has 0 saturated heterocycles. The second kappa shape index (κ2) is 7.64. The maximum Gasteiger partial charge on any atom is 0.248 e. The average Bonchev–Trinajstić information content (AvgIpc) is 3.11. The van der Waals surface area contributed by atoms with Crippen molar-refractivity contribution in [1.29, 1.82) is 0 Å². The van der Waals surface area contributed by atoms with Gasteiger partial charge in [0, 0.05) is 11.8 Å². The molecule has 3 aromatic carbocycles. The van der Waals surface area contributed by atoms with E-state index >= 15 is 0 Å². The Kier molecular flexibility index (Phi) is 4.87. The van der Waals surface area contributed by atoms with Crippen LogP contribution in [0.5, 0.6) is 5.75 Å². The normalized spacial score (nSPS) is 11.2. The van der Waals surface area contributed by atoms with Gasteiger partial charge >= 0.3 is 0 Å². The number of phenolic OH excluding ortho intramolecular Hbond substituents is 1. The van der Waals surface area contributed by atoms with E-state index in [9.17, 15) is 9.90 Å². The summed E-state index contributed by atoms with van der Waals surface area (Å²) >= 11 is 0. The lowest BCUT2D eigenvalue weighted by Crippen LogP contribution is -2.07. The molecule has 0 aliphatic rings. The Morgan fingerprint density at radius 3 is 2.59 bits per heavy atom. The predicted molar refractivity (Wildman–Crippen MR) is 115 cm³/mol. The molecule has 1 aromatic heterocycles. The number of benzene rings is 3. The molecule has 0 radical (unpaired) electrons. The molecule has 0 bridgehead atoms. The van der Waals surface area contributed by atoms with E-state index < -0.39 is 0 Å². The van der Waals surface area contributed by atoms with E-state index in [2.05, 4.69) is 10.3 Å². The number of aryl methyl sites for hydroxylation is 2. The maximum atomic E-state index is 12.2. The summed E-state index contributed by atoms with van der Waals surface area (Å²) in [5, 5.41) is 13.1. The van der Waals surface area contributed by atoms with Crippen molar-refractivity contribution >= 4 is 28.8 Å². The molecule has 0 aliphatic heterocycles. The van der Waals surface area contributed by atoms with Gasteiger partial charge in [-0.05, 0) is 66.9 Å². The van der Waals surface area contributed by atoms with Gasteiger partial charge in [0.1, 0.15) is 11.3 Å². The van der Waals surface area contributed by atoms with Crippen LogP contribution in [-0.2, 0) is 4.79 Å². The van der Waals surface area contributed by atoms with Crippen molar-refractivity contribution in [2.24, 2.45) is 0 Å². The van der Waals surface area contributed by atoms with Gasteiger partial charge in [-0.2, -0.15) is 0 Å². The third-order valence-corrected chi connectivity index (χ3v) is 4.73. The second-order valence-corrected chi connectivity index (χ2v) is 6.89. The van der Waals surface area contributed by atoms with Crippen molar-refractivity contribution in [2.75, 3.05) is 5.32 Å². The van der Waals surface area contributed by atoms with Crippen LogP contribution in [0.3, 0.4) is 0 Å². The fourth-order valence-corrected chi connectivity index (χ4v) is 3.00. The van der Waals surface area contributed by atoms with Gasteiger partial charge in [-0.1, -0.05) is 30.3 Å². The van der Waals surface area contributed by atoms with E-state index in [0.717, 1.165) is 22.2 Å². The van der Waals surface area contributed by atoms with Crippen molar-refractivity contribution in [3.63, 3.8) is 0 Å². The van der Waals surface area contributed by atoms with Crippen molar-refractivity contribution in [3.05, 3.63) is 83.4 Å². The van der Waals surface area contributed by atoms with Gasteiger partial charge in [0.2, 0.25) is 11.8 Å². The zero-order valence-corrected chi connectivity index (χ0v) is 16.1. The van der Waals surface area contributed by atoms with Crippen molar-refractivity contribution < 1.29 is 14.3 Å². The van der Waals surface area contributed by atoms with Crippen LogP contribution < -0.4 is 5.32 Å². The maximum absolute atomic E-state index is 12.2. The zero-order chi connectivity index (χ0) is 20.4. The van der Waals surface area contributed by atoms with E-state index in [1.165, 1.54) is 12.1 Å². The monoisotopic (exact) mass is 384 g/mol. The molecule has 1 heterocycles. The molecule has 2 N–H and O–H groups in total. The van der Waals surface area contributed by atoms with Crippen molar-refractivity contribution in [2.45, 2.75) is 13.8 Å². The largest absolute Gasteiger partial charge is 0.507 e. The summed E-state index contributed by atoms with van der Waals surface area (Å²) in [4.78, 5) is 16.7. The molecule has 0 atom stereocenters. The van der Waals surface area contributed by atoms with Crippen LogP contribution in [0, 0.1) is 13.8 Å². The van der Waals surface area contributed by atoms with E-state index in [4.69, 9.17) is 4.42 Å². The number of carbonyl (C=O) groups excluding carboxylic acids is 1. The van der Waals surface area contributed by atoms with E-state index in [-0.39, 0.29) is 11.7 Å². The molecule has 0 fully saturated rings. The highest BCUT2D eigenvalue weighted by Gasteiger charge is 2.14. The van der Waals surface area contributed by atoms with Gasteiger partial charge in [-0.25, -0.2) is 4.98 Å². The lowest BCUT2D eigenvalue weighted by molar-refractivity contribution is -0.111. The molecule has 0 aliphatic carbocycles. The standard InChI is InChI=1S/C24H20N2O3/c1-15-12-20-22(13-16(15)2)29-24(26-20)19-14-18(9-10-21(19)27)25-23(28)11-8-17-6-4-3-5-7-17/h3-14,27H,1-2H3,(H,25,28)/b11-8+. The van der Waals surface area contributed by atoms with Gasteiger partial charge in [0.05, 0.1) is 5.56 Å². The fourth-order valence-electron chi connectivity index (χ4n) is 3.00. The highest BCUT2D eigenvalue weighted by molar-refractivity contribution is 6.02. The number of hydrogen-bond acceptors (Lipinski definition) is 4. The molecule has 0 unspecified atom stereocenters. The third-order valence-electron chi connectivity index (χ3n) is 4.73. The number of nitrogens with zero attached hydrogens (tertiary/aromatic N) is 1. The number of rotatable bonds is 4. The topological polar surface area (TPSA) is 75.4 Å². The van der Waals surface area contributed by atoms with Crippen molar-refractivity contribution in [1.82, 2.24) is 4.98 Å². The summed E-state index contributed by atoms with van der Waals surface area (Å²) in [5.41, 5.74) is 5.50. The molecule has 0 saturated carbocycles. The molecular weight excluding hydrogens is 364 g/mol. The third kappa shape index (κ3) is 4.04. The average molecular weight is 384 g/mol. The van der Waals surface area contributed by atoms with Crippen LogP contribution in [-0.4, -0.2) is 16.0 Å². The molecule has 144 valence electrons. The van der Waals surface area contributed by atoms with Gasteiger partial charge in [-0.3, -0.25) is 4.79 Å². The van der Waals surface area contributed by atoms with Crippen LogP contribution in [0.25, 0.3) is 28.6 Å². The first-order valence-corrected chi connectivity index (χ1v) is 9.25. The summed E-state index contributed by atoms with van der Waals surface area (Å²) in [6.07, 6.45) is 3.20. The minimum atomic E-state index is -0.269. The molecule has 4 rings (SSSR count). The van der Waals surface area contributed by atoms with E-state index in [1.807, 2.05) is 56.3 Å². The number of amides is 1. The minimum Gasteiger partial charge on any atom is -0.507 e. The summed E-state index contributed by atoms with van der Waals surface area (Å²) in [6, 6.07) is 18.2. The Morgan fingerprint density at radius 1 is 1.03 bits per heavy atom. The summed E-state index contributed by atoms with van der Waals surface area (Å²) in [5.74, 6) is 0.0653. The van der Waals surface area contributed by atoms with Crippen LogP contribution in [0.2, 0.25) is 0 Å². The zero-order valence-electron chi connectivity index (χ0n) is 16.1. The lowest BCUT2D eigenvalue weighted by atomic mass is 10.1. The molecular formula is C24H20N2O3. The van der Waals surface area contributed by atoms with Gasteiger partial charge in [-0.15, -0.1) is 0 Å². The Labute approximate surface area is 168 Å². The number of fused-ring (bicyclic) bond motifs is 1. The second-order valence-electron chi connectivity index (χ2n) is 6.89. The van der Waals surface area contributed by atoms with Crippen molar-refractivity contribution in [3.8, 4) is 17.2 Å². The number of nitrogens with one attached hydrogen (secondary N) is 1. The van der Waals surface area contributed by atoms with Crippen LogP contribution in [0.1, 0.15) is 16.7 Å². The molecule has 0 spiro atoms. The first-order chi connectivity index (χ1) is 14.0. The number of aromatic hydroxyl groups is 1. The molecule has 29 heavy (non-hydrogen) atoms. The Bertz CT molecular complexity index is 1180. The number of oxazole rings is 1. The molecule has 1 amide bonds. The number of anilines is 1. The first kappa shape index (κ1) is 18.5. The molecule has 5 nitrogen and oxygen atoms in total. The fraction of sp³-hybridized carbons (Fsp3) is 0.0833. The highest BCUT2D eigenvalue weighted by Crippen LogP contribution is 2.34. The Morgan fingerprint density at radius 2 is 1.79 bits per heavy atom. The van der Waals surface area contributed by atoms with E-state index in [1.54, 1.807) is 18.2 Å². The van der Waals surface area contributed by atoms with Crippen LogP contribution in [0.4, 0.5) is 5.69 Å². The Balaban J connectivity index is 1.59. The molecule has 5 heteroatoms. The number of phenols is 1. The van der Waals surface area contributed by atoms with Gasteiger partial charge < -0.3 is 14.8 Å². The number of hydrogen-bond donors (Lipinski definition) is 2. The minimum absolute atomic E-state index is 0.0304. The summed E-state index contributed by atoms with van der Waals surface area (Å²) in [6.45, 7) is 4.02. The highest BCUT2D eigenvalue weighted by atomic mass is 16.3. The number of aromatic nitrogens is 1. The summed E-state index contributed by atoms with van der Waals surface area (Å²) in [7, 11) is 0. The number of carbonyl (C=O) groups is 1. The predicted octanol–water partition coefficient (Wildman–Crippen LogP) is 5.47. The van der Waals surface area contributed by atoms with Crippen LogP contribution in [0.15, 0.2) is 71.2 Å². The van der Waals surface area contributed by atoms with Crippen LogP contribution >= 0.6 is 0 Å². The van der Waals surface area contributed by atoms with E-state index in [0.29, 0.717) is 22.7 Å².